The van der Waals surface area contributed by atoms with Gasteiger partial charge in [-0.15, -0.1) is 0 Å². The summed E-state index contributed by atoms with van der Waals surface area (Å²) in [5, 5.41) is 3.35. The molecule has 0 unspecified atom stereocenters. The van der Waals surface area contributed by atoms with E-state index in [0.717, 1.165) is 44.0 Å². The van der Waals surface area contributed by atoms with E-state index in [1.54, 1.807) is 23.1 Å². The van der Waals surface area contributed by atoms with E-state index < -0.39 is 21.5 Å². The van der Waals surface area contributed by atoms with Crippen molar-refractivity contribution in [3.63, 3.8) is 0 Å². The van der Waals surface area contributed by atoms with E-state index in [-0.39, 0.29) is 10.8 Å². The Morgan fingerprint density at radius 2 is 1.65 bits per heavy atom. The fraction of sp³-hybridized carbons (Fsp3) is 0.429. The monoisotopic (exact) mass is 527 g/mol. The molecule has 0 radical (unpaired) electrons. The van der Waals surface area contributed by atoms with Crippen molar-refractivity contribution in [3.8, 4) is 5.75 Å². The quantitative estimate of drug-likeness (QED) is 0.589. The van der Waals surface area contributed by atoms with Crippen LogP contribution < -0.4 is 14.8 Å². The maximum absolute atomic E-state index is 12.8. The highest BCUT2D eigenvalue weighted by molar-refractivity contribution is 7.90. The largest absolute Gasteiger partial charge is 0.482 e. The molecule has 0 saturated carbocycles. The zero-order chi connectivity index (χ0) is 27.2. The maximum Gasteiger partial charge on any atom is 0.264 e. The second-order valence-electron chi connectivity index (χ2n) is 8.85. The molecule has 2 aromatic carbocycles. The first kappa shape index (κ1) is 28.4. The summed E-state index contributed by atoms with van der Waals surface area (Å²) in [6.07, 6.45) is 3.63. The zero-order valence-corrected chi connectivity index (χ0v) is 23.1. The number of nitrogens with one attached hydrogen (secondary N) is 2. The summed E-state index contributed by atoms with van der Waals surface area (Å²) in [5.41, 5.74) is 2.43. The fourth-order valence-corrected chi connectivity index (χ4v) is 5.65. The average molecular weight is 528 g/mol. The lowest BCUT2D eigenvalue weighted by atomic mass is 9.83. The first-order valence-electron chi connectivity index (χ1n) is 12.9. The first-order chi connectivity index (χ1) is 17.7. The number of hydrogen-bond acceptors (Lipinski definition) is 6. The molecule has 2 aromatic rings. The first-order valence-corrected chi connectivity index (χ1v) is 14.4. The van der Waals surface area contributed by atoms with Crippen LogP contribution in [-0.4, -0.2) is 56.9 Å². The highest BCUT2D eigenvalue weighted by atomic mass is 32.2. The Morgan fingerprint density at radius 3 is 2.22 bits per heavy atom. The summed E-state index contributed by atoms with van der Waals surface area (Å²) in [7, 11) is -4.01. The van der Waals surface area contributed by atoms with Gasteiger partial charge in [-0.2, -0.15) is 0 Å². The van der Waals surface area contributed by atoms with Gasteiger partial charge in [0, 0.05) is 44.0 Å². The minimum absolute atomic E-state index is 0.0180. The highest BCUT2D eigenvalue weighted by Gasteiger charge is 2.37. The summed E-state index contributed by atoms with van der Waals surface area (Å²) >= 11 is 0. The predicted octanol–water partition coefficient (Wildman–Crippen LogP) is 3.97. The lowest BCUT2D eigenvalue weighted by molar-refractivity contribution is -0.117. The number of rotatable bonds is 6. The molecule has 2 N–H and O–H groups in total. The Kier molecular flexibility index (Phi) is 9.15. The summed E-state index contributed by atoms with van der Waals surface area (Å²) < 4.78 is 33.8. The molecule has 200 valence electrons. The van der Waals surface area contributed by atoms with E-state index >= 15 is 0 Å². The summed E-state index contributed by atoms with van der Waals surface area (Å²) in [6, 6.07) is 12.0. The van der Waals surface area contributed by atoms with Gasteiger partial charge in [-0.05, 0) is 74.5 Å². The Labute approximate surface area is 220 Å². The zero-order valence-electron chi connectivity index (χ0n) is 22.3. The number of carbonyl (C=O) groups is 2. The number of nitrogens with zero attached hydrogens (tertiary/aromatic N) is 1. The number of carbonyl (C=O) groups excluding carboxylic acids is 2. The normalized spacial score (nSPS) is 15.9. The number of amides is 2. The Morgan fingerprint density at radius 1 is 1.03 bits per heavy atom. The van der Waals surface area contributed by atoms with E-state index in [1.807, 2.05) is 44.5 Å². The molecule has 4 rings (SSSR count). The third-order valence-electron chi connectivity index (χ3n) is 6.49. The standard InChI is InChI=1S/C26H31N3O5S.C2H6/c1-4-29(5-2)25(31)20-8-6-19(7-9-20)23-17-26(12-14-27-15-13-26)34-24-11-10-21(16-22(23)24)35(32,33)28-18(3)30;1-2/h6-11,16-17,27H,4-5,12-15H2,1-3H3,(H,28,30);1-2H3. The van der Waals surface area contributed by atoms with E-state index in [0.29, 0.717) is 30.0 Å². The van der Waals surface area contributed by atoms with Crippen LogP contribution in [-0.2, 0) is 14.8 Å². The molecular weight excluding hydrogens is 490 g/mol. The minimum Gasteiger partial charge on any atom is -0.482 e. The van der Waals surface area contributed by atoms with Crippen molar-refractivity contribution >= 4 is 27.4 Å². The van der Waals surface area contributed by atoms with Crippen LogP contribution in [0.1, 0.15) is 68.9 Å². The molecule has 2 aliphatic rings. The second-order valence-corrected chi connectivity index (χ2v) is 10.5. The van der Waals surface area contributed by atoms with Gasteiger partial charge >= 0.3 is 0 Å². The second kappa shape index (κ2) is 11.9. The van der Waals surface area contributed by atoms with Crippen molar-refractivity contribution in [2.45, 2.75) is 58.0 Å². The molecule has 0 aromatic heterocycles. The maximum atomic E-state index is 12.8. The number of fused-ring (bicyclic) bond motifs is 1. The Balaban J connectivity index is 0.00000186. The lowest BCUT2D eigenvalue weighted by Crippen LogP contribution is -2.46. The van der Waals surface area contributed by atoms with Crippen molar-refractivity contribution < 1.29 is 22.7 Å². The molecular formula is C28H37N3O5S. The molecule has 8 nitrogen and oxygen atoms in total. The molecule has 1 spiro atoms. The number of piperidine rings is 1. The van der Waals surface area contributed by atoms with Gasteiger partial charge < -0.3 is 15.0 Å². The van der Waals surface area contributed by atoms with Gasteiger partial charge in [-0.3, -0.25) is 9.59 Å². The fourth-order valence-electron chi connectivity index (χ4n) is 4.63. The van der Waals surface area contributed by atoms with Crippen molar-refractivity contribution in [3.05, 3.63) is 65.2 Å². The topological polar surface area (TPSA) is 105 Å². The van der Waals surface area contributed by atoms with E-state index in [1.165, 1.54) is 12.1 Å². The van der Waals surface area contributed by atoms with Crippen LogP contribution in [0.3, 0.4) is 0 Å². The molecule has 0 bridgehead atoms. The third-order valence-corrected chi connectivity index (χ3v) is 7.92. The molecule has 9 heteroatoms. The van der Waals surface area contributed by atoms with Crippen LogP contribution in [0.4, 0.5) is 0 Å². The third kappa shape index (κ3) is 6.22. The predicted molar refractivity (Wildman–Crippen MR) is 145 cm³/mol. The number of sulfonamides is 1. The smallest absolute Gasteiger partial charge is 0.264 e. The van der Waals surface area contributed by atoms with Crippen LogP contribution in [0, 0.1) is 0 Å². The molecule has 0 atom stereocenters. The molecule has 1 saturated heterocycles. The number of benzene rings is 2. The van der Waals surface area contributed by atoms with Gasteiger partial charge in [0.05, 0.1) is 4.90 Å². The van der Waals surface area contributed by atoms with Crippen molar-refractivity contribution in [1.29, 1.82) is 0 Å². The molecule has 0 aliphatic carbocycles. The van der Waals surface area contributed by atoms with Crippen LogP contribution in [0.15, 0.2) is 53.4 Å². The van der Waals surface area contributed by atoms with Crippen molar-refractivity contribution in [2.24, 2.45) is 0 Å². The van der Waals surface area contributed by atoms with Gasteiger partial charge in [0.15, 0.2) is 0 Å². The minimum atomic E-state index is -4.01. The number of ether oxygens (including phenoxy) is 1. The summed E-state index contributed by atoms with van der Waals surface area (Å²) in [6.45, 7) is 11.9. The van der Waals surface area contributed by atoms with Crippen LogP contribution in [0.25, 0.3) is 5.57 Å². The van der Waals surface area contributed by atoms with E-state index in [2.05, 4.69) is 11.4 Å². The van der Waals surface area contributed by atoms with Gasteiger partial charge in [0.25, 0.3) is 15.9 Å². The summed E-state index contributed by atoms with van der Waals surface area (Å²) in [5.74, 6) is -0.0901. The molecule has 37 heavy (non-hydrogen) atoms. The van der Waals surface area contributed by atoms with Crippen LogP contribution in [0.2, 0.25) is 0 Å². The van der Waals surface area contributed by atoms with Gasteiger partial charge in [0.2, 0.25) is 5.91 Å². The van der Waals surface area contributed by atoms with Gasteiger partial charge in [-0.25, -0.2) is 13.1 Å². The lowest BCUT2D eigenvalue weighted by Gasteiger charge is -2.40. The number of hydrogen-bond donors (Lipinski definition) is 2. The summed E-state index contributed by atoms with van der Waals surface area (Å²) in [4.78, 5) is 25.9. The highest BCUT2D eigenvalue weighted by Crippen LogP contribution is 2.43. The van der Waals surface area contributed by atoms with Crippen molar-refractivity contribution in [2.75, 3.05) is 26.2 Å². The molecule has 2 aliphatic heterocycles. The molecule has 2 heterocycles. The molecule has 2 amide bonds. The van der Waals surface area contributed by atoms with E-state index in [9.17, 15) is 18.0 Å². The van der Waals surface area contributed by atoms with Crippen LogP contribution >= 0.6 is 0 Å². The average Bonchev–Trinajstić information content (AvgIpc) is 2.89. The Bertz CT molecular complexity index is 1260. The van der Waals surface area contributed by atoms with Crippen molar-refractivity contribution in [1.82, 2.24) is 14.9 Å². The van der Waals surface area contributed by atoms with Crippen LogP contribution in [0.5, 0.6) is 5.75 Å². The van der Waals surface area contributed by atoms with Gasteiger partial charge in [-0.1, -0.05) is 26.0 Å². The van der Waals surface area contributed by atoms with Gasteiger partial charge in [0.1, 0.15) is 11.4 Å². The molecule has 1 fully saturated rings. The Hall–Kier alpha value is -3.17. The SMILES string of the molecule is CC.CCN(CC)C(=O)c1ccc(C2=CC3(CCNCC3)Oc3ccc(S(=O)(=O)NC(C)=O)cc32)cc1. The van der Waals surface area contributed by atoms with E-state index in [4.69, 9.17) is 4.74 Å².